The van der Waals surface area contributed by atoms with Crippen LogP contribution in [0.1, 0.15) is 41.8 Å². The van der Waals surface area contributed by atoms with Gasteiger partial charge in [-0.1, -0.05) is 12.1 Å². The average molecular weight is 323 g/mol. The van der Waals surface area contributed by atoms with Gasteiger partial charge in [-0.05, 0) is 49.7 Å². The second-order valence-electron chi connectivity index (χ2n) is 6.33. The number of carbonyl (C=O) groups is 1. The van der Waals surface area contributed by atoms with Gasteiger partial charge in [-0.25, -0.2) is 0 Å². The minimum atomic E-state index is -0.361. The van der Waals surface area contributed by atoms with Crippen molar-refractivity contribution in [2.24, 2.45) is 4.99 Å². The maximum absolute atomic E-state index is 12.7. The Hall–Kier alpha value is -2.62. The molecule has 0 atom stereocenters. The smallest absolute Gasteiger partial charge is 0.172 e. The summed E-state index contributed by atoms with van der Waals surface area (Å²) in [5, 5.41) is 0. The Morgan fingerprint density at radius 3 is 2.54 bits per heavy atom. The Morgan fingerprint density at radius 1 is 1.08 bits per heavy atom. The molecular weight excluding hydrogens is 302 g/mol. The fourth-order valence-electron chi connectivity index (χ4n) is 3.12. The molecule has 1 aliphatic rings. The first kappa shape index (κ1) is 16.2. The standard InChI is InChI=1S/C20H21NO3/c1-20(2)16-11-13(23-3)9-10-14(16)17(21-20)12-18(22)15-7-5-6-8-19(15)24-4/h5-11H,12H2,1-4H3. The predicted molar refractivity (Wildman–Crippen MR) is 94.5 cm³/mol. The normalized spacial score (nSPS) is 14.8. The Bertz CT molecular complexity index is 821. The number of fused-ring (bicyclic) bond motifs is 1. The Kier molecular flexibility index (Phi) is 4.14. The zero-order valence-electron chi connectivity index (χ0n) is 14.4. The van der Waals surface area contributed by atoms with Crippen LogP contribution in [0.15, 0.2) is 47.5 Å². The summed E-state index contributed by atoms with van der Waals surface area (Å²) in [7, 11) is 3.22. The van der Waals surface area contributed by atoms with E-state index in [2.05, 4.69) is 0 Å². The maximum Gasteiger partial charge on any atom is 0.172 e. The van der Waals surface area contributed by atoms with Crippen molar-refractivity contribution >= 4 is 11.5 Å². The van der Waals surface area contributed by atoms with Crippen molar-refractivity contribution in [2.75, 3.05) is 14.2 Å². The molecule has 0 bridgehead atoms. The SMILES string of the molecule is COc1ccc2c(c1)C(C)(C)N=C2CC(=O)c1ccccc1OC. The Balaban J connectivity index is 1.93. The second-order valence-corrected chi connectivity index (χ2v) is 6.33. The van der Waals surface area contributed by atoms with Crippen molar-refractivity contribution in [1.82, 2.24) is 0 Å². The van der Waals surface area contributed by atoms with Gasteiger partial charge in [0, 0.05) is 5.56 Å². The minimum Gasteiger partial charge on any atom is -0.497 e. The first-order valence-electron chi connectivity index (χ1n) is 7.90. The van der Waals surface area contributed by atoms with Crippen LogP contribution in [0.2, 0.25) is 0 Å². The summed E-state index contributed by atoms with van der Waals surface area (Å²) in [6.07, 6.45) is 0.253. The highest BCUT2D eigenvalue weighted by Crippen LogP contribution is 2.38. The molecule has 2 aromatic carbocycles. The molecule has 1 aliphatic heterocycles. The van der Waals surface area contributed by atoms with Crippen LogP contribution in [-0.2, 0) is 5.54 Å². The fraction of sp³-hybridized carbons (Fsp3) is 0.300. The molecule has 0 aliphatic carbocycles. The average Bonchev–Trinajstić information content (AvgIpc) is 2.84. The lowest BCUT2D eigenvalue weighted by atomic mass is 9.91. The van der Waals surface area contributed by atoms with Crippen molar-refractivity contribution < 1.29 is 14.3 Å². The van der Waals surface area contributed by atoms with Crippen LogP contribution < -0.4 is 9.47 Å². The molecule has 0 amide bonds. The monoisotopic (exact) mass is 323 g/mol. The molecule has 124 valence electrons. The van der Waals surface area contributed by atoms with E-state index < -0.39 is 0 Å². The quantitative estimate of drug-likeness (QED) is 0.781. The van der Waals surface area contributed by atoms with Crippen LogP contribution in [0.5, 0.6) is 11.5 Å². The number of ether oxygens (including phenoxy) is 2. The molecule has 0 saturated heterocycles. The third-order valence-corrected chi connectivity index (χ3v) is 4.35. The van der Waals surface area contributed by atoms with Gasteiger partial charge in [0.2, 0.25) is 0 Å². The van der Waals surface area contributed by atoms with E-state index in [1.807, 2.05) is 44.2 Å². The number of rotatable bonds is 5. The zero-order valence-corrected chi connectivity index (χ0v) is 14.4. The highest BCUT2D eigenvalue weighted by atomic mass is 16.5. The number of hydrogen-bond donors (Lipinski definition) is 0. The Morgan fingerprint density at radius 2 is 1.83 bits per heavy atom. The lowest BCUT2D eigenvalue weighted by molar-refractivity contribution is 0.0998. The van der Waals surface area contributed by atoms with E-state index in [9.17, 15) is 4.79 Å². The topological polar surface area (TPSA) is 47.9 Å². The first-order valence-corrected chi connectivity index (χ1v) is 7.90. The maximum atomic E-state index is 12.7. The molecule has 0 N–H and O–H groups in total. The molecule has 4 heteroatoms. The van der Waals surface area contributed by atoms with Crippen LogP contribution in [0.4, 0.5) is 0 Å². The van der Waals surface area contributed by atoms with Crippen molar-refractivity contribution in [2.45, 2.75) is 25.8 Å². The van der Waals surface area contributed by atoms with Crippen molar-refractivity contribution in [3.63, 3.8) is 0 Å². The number of ketones is 1. The molecule has 3 rings (SSSR count). The summed E-state index contributed by atoms with van der Waals surface area (Å²) in [5.74, 6) is 1.40. The molecule has 24 heavy (non-hydrogen) atoms. The number of benzene rings is 2. The summed E-state index contributed by atoms with van der Waals surface area (Å²) in [4.78, 5) is 17.5. The van der Waals surface area contributed by atoms with E-state index in [1.54, 1.807) is 26.4 Å². The van der Waals surface area contributed by atoms with E-state index in [0.29, 0.717) is 11.3 Å². The van der Waals surface area contributed by atoms with Crippen molar-refractivity contribution in [3.8, 4) is 11.5 Å². The molecule has 0 unspecified atom stereocenters. The van der Waals surface area contributed by atoms with Gasteiger partial charge in [0.1, 0.15) is 11.5 Å². The summed E-state index contributed by atoms with van der Waals surface area (Å²) >= 11 is 0. The van der Waals surface area contributed by atoms with Crippen LogP contribution >= 0.6 is 0 Å². The fourth-order valence-corrected chi connectivity index (χ4v) is 3.12. The van der Waals surface area contributed by atoms with E-state index in [0.717, 1.165) is 22.6 Å². The molecule has 0 radical (unpaired) electrons. The third-order valence-electron chi connectivity index (χ3n) is 4.35. The molecule has 1 heterocycles. The number of aliphatic imine (C=N–C) groups is 1. The van der Waals surface area contributed by atoms with Gasteiger partial charge in [-0.3, -0.25) is 9.79 Å². The minimum absolute atomic E-state index is 0.00525. The summed E-state index contributed by atoms with van der Waals surface area (Å²) < 4.78 is 10.6. The molecule has 4 nitrogen and oxygen atoms in total. The van der Waals surface area contributed by atoms with Crippen LogP contribution in [0, 0.1) is 0 Å². The van der Waals surface area contributed by atoms with Crippen LogP contribution in [0.25, 0.3) is 0 Å². The van der Waals surface area contributed by atoms with Crippen molar-refractivity contribution in [3.05, 3.63) is 59.2 Å². The van der Waals surface area contributed by atoms with Crippen molar-refractivity contribution in [1.29, 1.82) is 0 Å². The van der Waals surface area contributed by atoms with Gasteiger partial charge in [0.25, 0.3) is 0 Å². The summed E-state index contributed by atoms with van der Waals surface area (Å²) in [6.45, 7) is 4.09. The molecule has 0 saturated carbocycles. The van der Waals surface area contributed by atoms with E-state index in [4.69, 9.17) is 14.5 Å². The van der Waals surface area contributed by atoms with Gasteiger partial charge in [0.05, 0.1) is 37.5 Å². The summed E-state index contributed by atoms with van der Waals surface area (Å²) in [6, 6.07) is 13.2. The van der Waals surface area contributed by atoms with Gasteiger partial charge < -0.3 is 9.47 Å². The van der Waals surface area contributed by atoms with Crippen LogP contribution in [0.3, 0.4) is 0 Å². The third kappa shape index (κ3) is 2.80. The van der Waals surface area contributed by atoms with Crippen LogP contribution in [-0.4, -0.2) is 25.7 Å². The number of methoxy groups -OCH3 is 2. The highest BCUT2D eigenvalue weighted by molar-refractivity contribution is 6.18. The second kappa shape index (κ2) is 6.11. The largest absolute Gasteiger partial charge is 0.497 e. The predicted octanol–water partition coefficient (Wildman–Crippen LogP) is 4.01. The molecule has 0 aromatic heterocycles. The lowest BCUT2D eigenvalue weighted by Crippen LogP contribution is -2.10. The lowest BCUT2D eigenvalue weighted by Gasteiger charge is -2.16. The van der Waals surface area contributed by atoms with Gasteiger partial charge in [-0.2, -0.15) is 0 Å². The number of nitrogens with zero attached hydrogens (tertiary/aromatic N) is 1. The Labute approximate surface area is 142 Å². The summed E-state index contributed by atoms with van der Waals surface area (Å²) in [5.41, 5.74) is 3.14. The van der Waals surface area contributed by atoms with E-state index in [-0.39, 0.29) is 17.7 Å². The van der Waals surface area contributed by atoms with Gasteiger partial charge in [-0.15, -0.1) is 0 Å². The number of carbonyl (C=O) groups excluding carboxylic acids is 1. The molecule has 0 fully saturated rings. The first-order chi connectivity index (χ1) is 11.5. The van der Waals surface area contributed by atoms with Gasteiger partial charge in [0.15, 0.2) is 5.78 Å². The van der Waals surface area contributed by atoms with E-state index in [1.165, 1.54) is 0 Å². The molecule has 2 aromatic rings. The van der Waals surface area contributed by atoms with E-state index >= 15 is 0 Å². The highest BCUT2D eigenvalue weighted by Gasteiger charge is 2.33. The molecular formula is C20H21NO3. The van der Waals surface area contributed by atoms with Gasteiger partial charge >= 0.3 is 0 Å². The number of hydrogen-bond acceptors (Lipinski definition) is 4. The zero-order chi connectivity index (χ0) is 17.3. The number of para-hydroxylation sites is 1. The number of Topliss-reactive ketones (excluding diaryl/α,β-unsaturated/α-hetero) is 1. The molecule has 0 spiro atoms.